The maximum atomic E-state index is 12.0. The number of nitriles is 1. The van der Waals surface area contributed by atoms with Crippen LogP contribution in [0.4, 0.5) is 5.82 Å². The number of Topliss-reactive ketones (excluding diaryl/α,β-unsaturated/α-hetero) is 1. The van der Waals surface area contributed by atoms with Crippen molar-refractivity contribution in [2.24, 2.45) is 0 Å². The highest BCUT2D eigenvalue weighted by Gasteiger charge is 2.36. The van der Waals surface area contributed by atoms with Crippen LogP contribution in [0.2, 0.25) is 0 Å². The van der Waals surface area contributed by atoms with Crippen LogP contribution in [0.15, 0.2) is 30.3 Å². The first-order valence-electron chi connectivity index (χ1n) is 9.72. The van der Waals surface area contributed by atoms with Gasteiger partial charge in [0.25, 0.3) is 0 Å². The second-order valence-electron chi connectivity index (χ2n) is 7.89. The molecule has 3 heterocycles. The van der Waals surface area contributed by atoms with E-state index < -0.39 is 0 Å². The summed E-state index contributed by atoms with van der Waals surface area (Å²) in [6.45, 7) is 7.22. The number of fused-ring (bicyclic) bond motifs is 1. The van der Waals surface area contributed by atoms with Crippen molar-refractivity contribution in [3.05, 3.63) is 47.3 Å². The number of rotatable bonds is 4. The molecule has 2 aromatic heterocycles. The van der Waals surface area contributed by atoms with Crippen molar-refractivity contribution >= 4 is 17.2 Å². The van der Waals surface area contributed by atoms with Crippen molar-refractivity contribution < 1.29 is 4.79 Å². The number of carbonyl (C=O) groups excluding carboxylic acids is 1. The lowest BCUT2D eigenvalue weighted by atomic mass is 9.97. The van der Waals surface area contributed by atoms with Crippen LogP contribution in [0, 0.1) is 18.3 Å². The number of carbonyl (C=O) groups is 1. The topological polar surface area (TPSA) is 86.3 Å². The van der Waals surface area contributed by atoms with Crippen molar-refractivity contribution in [3.8, 4) is 17.2 Å². The number of nitrogens with one attached hydrogen (secondary N) is 1. The van der Waals surface area contributed by atoms with Crippen LogP contribution in [0.1, 0.15) is 42.0 Å². The van der Waals surface area contributed by atoms with E-state index in [1.165, 1.54) is 6.92 Å². The number of benzene rings is 1. The van der Waals surface area contributed by atoms with E-state index in [-0.39, 0.29) is 17.1 Å². The summed E-state index contributed by atoms with van der Waals surface area (Å²) in [6.07, 6.45) is 0.979. The fourth-order valence-corrected chi connectivity index (χ4v) is 4.06. The first-order valence-corrected chi connectivity index (χ1v) is 9.72. The van der Waals surface area contributed by atoms with E-state index >= 15 is 0 Å². The third-order valence-electron chi connectivity index (χ3n) is 5.87. The van der Waals surface area contributed by atoms with Crippen LogP contribution >= 0.6 is 0 Å². The first kappa shape index (κ1) is 19.1. The fourth-order valence-electron chi connectivity index (χ4n) is 4.06. The molecule has 1 saturated heterocycles. The average molecular weight is 388 g/mol. The summed E-state index contributed by atoms with van der Waals surface area (Å²) in [7, 11) is 1.98. The van der Waals surface area contributed by atoms with Gasteiger partial charge >= 0.3 is 0 Å². The number of anilines is 1. The van der Waals surface area contributed by atoms with Gasteiger partial charge in [0, 0.05) is 31.1 Å². The average Bonchev–Trinajstić information content (AvgIpc) is 3.33. The maximum absolute atomic E-state index is 12.0. The predicted molar refractivity (Wildman–Crippen MR) is 112 cm³/mol. The molecule has 1 aliphatic heterocycles. The Labute approximate surface area is 170 Å². The number of hydrogen-bond donors (Lipinski definition) is 1. The number of hydrogen-bond acceptors (Lipinski definition) is 6. The summed E-state index contributed by atoms with van der Waals surface area (Å²) < 4.78 is 1.69. The Bertz CT molecular complexity index is 1140. The molecular weight excluding hydrogens is 364 g/mol. The highest BCUT2D eigenvalue weighted by molar-refractivity contribution is 5.92. The molecule has 7 heteroatoms. The molecule has 1 atom stereocenters. The minimum Gasteiger partial charge on any atom is -0.354 e. The van der Waals surface area contributed by atoms with Gasteiger partial charge in [-0.2, -0.15) is 9.78 Å². The van der Waals surface area contributed by atoms with Gasteiger partial charge < -0.3 is 10.2 Å². The molecule has 0 unspecified atom stereocenters. The predicted octanol–water partition coefficient (Wildman–Crippen LogP) is 2.97. The van der Waals surface area contributed by atoms with E-state index in [1.54, 1.807) is 4.52 Å². The minimum atomic E-state index is -0.219. The zero-order chi connectivity index (χ0) is 20.8. The standard InChI is InChI=1S/C22H24N6O/c1-14-17(12-23)20-25-19(15(2)29)26-28(20)21(18(14)16-8-6-5-7-9-16)27-11-10-22(3,13-27)24-4/h5-9,24H,10-11,13H2,1-4H3/t22-/m0/s1. The second-order valence-corrected chi connectivity index (χ2v) is 7.89. The number of likely N-dealkylation sites (N-methyl/N-ethyl adjacent to an activating group) is 1. The van der Waals surface area contributed by atoms with E-state index in [2.05, 4.69) is 33.3 Å². The van der Waals surface area contributed by atoms with Gasteiger partial charge in [0.05, 0.1) is 0 Å². The molecular formula is C22H24N6O. The lowest BCUT2D eigenvalue weighted by Crippen LogP contribution is -2.42. The first-order chi connectivity index (χ1) is 13.9. The summed E-state index contributed by atoms with van der Waals surface area (Å²) in [5.74, 6) is 0.786. The highest BCUT2D eigenvalue weighted by Crippen LogP contribution is 2.39. The highest BCUT2D eigenvalue weighted by atomic mass is 16.1. The Morgan fingerprint density at radius 1 is 1.31 bits per heavy atom. The number of nitrogens with zero attached hydrogens (tertiary/aromatic N) is 5. The third kappa shape index (κ3) is 3.06. The van der Waals surface area contributed by atoms with E-state index in [0.29, 0.717) is 11.2 Å². The normalized spacial score (nSPS) is 18.9. The number of aromatic nitrogens is 3. The van der Waals surface area contributed by atoms with Crippen LogP contribution < -0.4 is 10.2 Å². The molecule has 1 fully saturated rings. The zero-order valence-electron chi connectivity index (χ0n) is 17.2. The molecule has 3 aromatic rings. The van der Waals surface area contributed by atoms with Gasteiger partial charge in [-0.15, -0.1) is 5.10 Å². The van der Waals surface area contributed by atoms with E-state index in [9.17, 15) is 10.1 Å². The monoisotopic (exact) mass is 388 g/mol. The Hall–Kier alpha value is -3.24. The maximum Gasteiger partial charge on any atom is 0.218 e. The largest absolute Gasteiger partial charge is 0.354 e. The van der Waals surface area contributed by atoms with Crippen LogP contribution in [-0.2, 0) is 0 Å². The molecule has 0 aliphatic carbocycles. The van der Waals surface area contributed by atoms with Gasteiger partial charge in [-0.1, -0.05) is 30.3 Å². The Morgan fingerprint density at radius 3 is 2.62 bits per heavy atom. The molecule has 0 amide bonds. The van der Waals surface area contributed by atoms with Gasteiger partial charge in [0.1, 0.15) is 17.5 Å². The van der Waals surface area contributed by atoms with Crippen LogP contribution in [0.5, 0.6) is 0 Å². The summed E-state index contributed by atoms with van der Waals surface area (Å²) in [5, 5.41) is 17.8. The van der Waals surface area contributed by atoms with Crippen molar-refractivity contribution in [1.82, 2.24) is 19.9 Å². The van der Waals surface area contributed by atoms with E-state index in [4.69, 9.17) is 0 Å². The lowest BCUT2D eigenvalue weighted by molar-refractivity contribution is 0.100. The summed E-state index contributed by atoms with van der Waals surface area (Å²) >= 11 is 0. The smallest absolute Gasteiger partial charge is 0.218 e. The van der Waals surface area contributed by atoms with Gasteiger partial charge in [-0.05, 0) is 38.4 Å². The summed E-state index contributed by atoms with van der Waals surface area (Å²) in [4.78, 5) is 18.7. The fraction of sp³-hybridized carbons (Fsp3) is 0.364. The quantitative estimate of drug-likeness (QED) is 0.692. The van der Waals surface area contributed by atoms with Gasteiger partial charge in [-0.3, -0.25) is 4.79 Å². The van der Waals surface area contributed by atoms with Crippen molar-refractivity contribution in [3.63, 3.8) is 0 Å². The molecule has 0 radical (unpaired) electrons. The molecule has 1 N–H and O–H groups in total. The van der Waals surface area contributed by atoms with Crippen molar-refractivity contribution in [2.75, 3.05) is 25.0 Å². The Kier molecular flexibility index (Phi) is 4.59. The molecule has 0 saturated carbocycles. The zero-order valence-corrected chi connectivity index (χ0v) is 17.2. The molecule has 1 aromatic carbocycles. The Morgan fingerprint density at radius 2 is 2.03 bits per heavy atom. The molecule has 148 valence electrons. The second kappa shape index (κ2) is 6.98. The molecule has 0 spiro atoms. The molecule has 0 bridgehead atoms. The number of ketones is 1. The number of pyridine rings is 1. The van der Waals surface area contributed by atoms with Gasteiger partial charge in [0.2, 0.25) is 5.82 Å². The Balaban J connectivity index is 2.08. The SMILES string of the molecule is CN[C@@]1(C)CCN(c2c(-c3ccccc3)c(C)c(C#N)c3nc(C(C)=O)nn23)C1. The molecule has 29 heavy (non-hydrogen) atoms. The minimum absolute atomic E-state index is 0.0218. The molecule has 4 rings (SSSR count). The van der Waals surface area contributed by atoms with Crippen molar-refractivity contribution in [1.29, 1.82) is 5.26 Å². The summed E-state index contributed by atoms with van der Waals surface area (Å²) in [6, 6.07) is 12.3. The van der Waals surface area contributed by atoms with Crippen LogP contribution in [0.3, 0.4) is 0 Å². The van der Waals surface area contributed by atoms with E-state index in [1.807, 2.05) is 44.3 Å². The van der Waals surface area contributed by atoms with E-state index in [0.717, 1.165) is 42.0 Å². The van der Waals surface area contributed by atoms with Crippen molar-refractivity contribution in [2.45, 2.75) is 32.7 Å². The van der Waals surface area contributed by atoms with Gasteiger partial charge in [0.15, 0.2) is 11.4 Å². The molecule has 7 nitrogen and oxygen atoms in total. The van der Waals surface area contributed by atoms with Crippen LogP contribution in [0.25, 0.3) is 16.8 Å². The third-order valence-corrected chi connectivity index (χ3v) is 5.87. The lowest BCUT2D eigenvalue weighted by Gasteiger charge is -2.27. The van der Waals surface area contributed by atoms with Gasteiger partial charge in [-0.25, -0.2) is 4.98 Å². The van der Waals surface area contributed by atoms with Crippen LogP contribution in [-0.4, -0.2) is 46.1 Å². The molecule has 1 aliphatic rings. The summed E-state index contributed by atoms with van der Waals surface area (Å²) in [5.41, 5.74) is 3.67.